The van der Waals surface area contributed by atoms with Gasteiger partial charge in [0.25, 0.3) is 0 Å². The van der Waals surface area contributed by atoms with E-state index in [1.807, 2.05) is 36.1 Å². The van der Waals surface area contributed by atoms with Crippen molar-refractivity contribution in [3.63, 3.8) is 0 Å². The standard InChI is InChI=1S/C18H24N2O3/c1-2-23-16-7-3-13(4-8-16)9-17(21)19-11-14-10-18(22)20(12-14)15-5-6-15/h3-4,7-8,14-15H,2,5-6,9-12H2,1H3,(H,19,21). The van der Waals surface area contributed by atoms with Crippen LogP contribution in [0.5, 0.6) is 5.75 Å². The van der Waals surface area contributed by atoms with Crippen LogP contribution < -0.4 is 10.1 Å². The molecule has 2 amide bonds. The Morgan fingerprint density at radius 2 is 2.04 bits per heavy atom. The van der Waals surface area contributed by atoms with E-state index in [-0.39, 0.29) is 17.7 Å². The van der Waals surface area contributed by atoms with Gasteiger partial charge in [0.2, 0.25) is 11.8 Å². The van der Waals surface area contributed by atoms with Crippen LogP contribution in [0.2, 0.25) is 0 Å². The van der Waals surface area contributed by atoms with Crippen molar-refractivity contribution < 1.29 is 14.3 Å². The molecular weight excluding hydrogens is 292 g/mol. The number of carbonyl (C=O) groups is 2. The molecule has 2 fully saturated rings. The van der Waals surface area contributed by atoms with Crippen molar-refractivity contribution in [1.82, 2.24) is 10.2 Å². The number of carbonyl (C=O) groups excluding carboxylic acids is 2. The highest BCUT2D eigenvalue weighted by atomic mass is 16.5. The van der Waals surface area contributed by atoms with E-state index >= 15 is 0 Å². The largest absolute Gasteiger partial charge is 0.494 e. The van der Waals surface area contributed by atoms with Gasteiger partial charge < -0.3 is 15.0 Å². The summed E-state index contributed by atoms with van der Waals surface area (Å²) >= 11 is 0. The van der Waals surface area contributed by atoms with Crippen molar-refractivity contribution in [1.29, 1.82) is 0 Å². The number of amides is 2. The van der Waals surface area contributed by atoms with Gasteiger partial charge in [0.15, 0.2) is 0 Å². The molecule has 0 radical (unpaired) electrons. The van der Waals surface area contributed by atoms with Gasteiger partial charge in [-0.05, 0) is 37.5 Å². The van der Waals surface area contributed by atoms with E-state index in [0.717, 1.165) is 30.7 Å². The summed E-state index contributed by atoms with van der Waals surface area (Å²) in [6.07, 6.45) is 3.21. The molecule has 124 valence electrons. The molecular formula is C18H24N2O3. The smallest absolute Gasteiger partial charge is 0.224 e. The number of benzene rings is 1. The van der Waals surface area contributed by atoms with Crippen molar-refractivity contribution in [2.24, 2.45) is 5.92 Å². The van der Waals surface area contributed by atoms with Crippen LogP contribution in [-0.2, 0) is 16.0 Å². The lowest BCUT2D eigenvalue weighted by Gasteiger charge is -2.15. The quantitative estimate of drug-likeness (QED) is 0.834. The number of hydrogen-bond acceptors (Lipinski definition) is 3. The van der Waals surface area contributed by atoms with Crippen molar-refractivity contribution in [2.45, 2.75) is 38.6 Å². The number of nitrogens with zero attached hydrogens (tertiary/aromatic N) is 1. The summed E-state index contributed by atoms with van der Waals surface area (Å²) in [5.74, 6) is 1.33. The third-order valence-electron chi connectivity index (χ3n) is 4.41. The Kier molecular flexibility index (Phi) is 4.84. The molecule has 1 unspecified atom stereocenters. The molecule has 5 nitrogen and oxygen atoms in total. The molecule has 1 heterocycles. The fraction of sp³-hybridized carbons (Fsp3) is 0.556. The Hall–Kier alpha value is -2.04. The second kappa shape index (κ2) is 7.02. The van der Waals surface area contributed by atoms with E-state index < -0.39 is 0 Å². The van der Waals surface area contributed by atoms with E-state index in [2.05, 4.69) is 5.32 Å². The van der Waals surface area contributed by atoms with Crippen LogP contribution >= 0.6 is 0 Å². The van der Waals surface area contributed by atoms with Gasteiger partial charge in [0.1, 0.15) is 5.75 Å². The molecule has 0 spiro atoms. The summed E-state index contributed by atoms with van der Waals surface area (Å²) in [5.41, 5.74) is 0.966. The van der Waals surface area contributed by atoms with Crippen LogP contribution in [-0.4, -0.2) is 42.5 Å². The SMILES string of the molecule is CCOc1ccc(CC(=O)NCC2CC(=O)N(C3CC3)C2)cc1. The second-order valence-electron chi connectivity index (χ2n) is 6.41. The molecule has 3 rings (SSSR count). The van der Waals surface area contributed by atoms with E-state index in [9.17, 15) is 9.59 Å². The zero-order chi connectivity index (χ0) is 16.2. The first-order valence-corrected chi connectivity index (χ1v) is 8.43. The fourth-order valence-corrected chi connectivity index (χ4v) is 3.06. The van der Waals surface area contributed by atoms with Gasteiger partial charge in [-0.3, -0.25) is 9.59 Å². The molecule has 23 heavy (non-hydrogen) atoms. The molecule has 0 aromatic heterocycles. The highest BCUT2D eigenvalue weighted by molar-refractivity contribution is 5.80. The number of rotatable bonds is 7. The van der Waals surface area contributed by atoms with Gasteiger partial charge in [-0.2, -0.15) is 0 Å². The molecule has 1 aromatic carbocycles. The lowest BCUT2D eigenvalue weighted by molar-refractivity contribution is -0.128. The molecule has 1 atom stereocenters. The second-order valence-corrected chi connectivity index (χ2v) is 6.41. The maximum atomic E-state index is 12.0. The van der Waals surface area contributed by atoms with Crippen LogP contribution in [0.4, 0.5) is 0 Å². The molecule has 1 aliphatic heterocycles. The van der Waals surface area contributed by atoms with Crippen molar-refractivity contribution in [2.75, 3.05) is 19.7 Å². The molecule has 1 aliphatic carbocycles. The first-order valence-electron chi connectivity index (χ1n) is 8.43. The van der Waals surface area contributed by atoms with Gasteiger partial charge in [-0.1, -0.05) is 12.1 Å². The molecule has 1 aromatic rings. The first-order chi connectivity index (χ1) is 11.2. The minimum atomic E-state index is 0.00600. The average Bonchev–Trinajstić information content (AvgIpc) is 3.31. The zero-order valence-electron chi connectivity index (χ0n) is 13.6. The van der Waals surface area contributed by atoms with Crippen LogP contribution in [0.1, 0.15) is 31.7 Å². The summed E-state index contributed by atoms with van der Waals surface area (Å²) in [6, 6.07) is 8.08. The van der Waals surface area contributed by atoms with Crippen molar-refractivity contribution in [3.05, 3.63) is 29.8 Å². The molecule has 1 saturated carbocycles. The summed E-state index contributed by atoms with van der Waals surface area (Å²) in [4.78, 5) is 25.9. The van der Waals surface area contributed by atoms with Gasteiger partial charge >= 0.3 is 0 Å². The summed E-state index contributed by atoms with van der Waals surface area (Å²) in [5, 5.41) is 2.96. The monoisotopic (exact) mass is 316 g/mol. The first kappa shape index (κ1) is 15.8. The topological polar surface area (TPSA) is 58.6 Å². The van der Waals surface area contributed by atoms with Crippen molar-refractivity contribution in [3.8, 4) is 5.75 Å². The van der Waals surface area contributed by atoms with Gasteiger partial charge in [-0.15, -0.1) is 0 Å². The predicted octanol–water partition coefficient (Wildman–Crippen LogP) is 1.75. The third-order valence-corrected chi connectivity index (χ3v) is 4.41. The predicted molar refractivity (Wildman–Crippen MR) is 87.2 cm³/mol. The fourth-order valence-electron chi connectivity index (χ4n) is 3.06. The molecule has 5 heteroatoms. The Balaban J connectivity index is 1.42. The van der Waals surface area contributed by atoms with Gasteiger partial charge in [0, 0.05) is 31.5 Å². The lowest BCUT2D eigenvalue weighted by Crippen LogP contribution is -2.32. The minimum Gasteiger partial charge on any atom is -0.494 e. The van der Waals surface area contributed by atoms with E-state index in [1.54, 1.807) is 0 Å². The van der Waals surface area contributed by atoms with Crippen LogP contribution in [0.15, 0.2) is 24.3 Å². The van der Waals surface area contributed by atoms with E-state index in [0.29, 0.717) is 32.0 Å². The summed E-state index contributed by atoms with van der Waals surface area (Å²) in [6.45, 7) is 3.97. The summed E-state index contributed by atoms with van der Waals surface area (Å²) < 4.78 is 5.39. The van der Waals surface area contributed by atoms with Crippen molar-refractivity contribution >= 4 is 11.8 Å². The Labute approximate surface area is 137 Å². The lowest BCUT2D eigenvalue weighted by atomic mass is 10.1. The molecule has 1 saturated heterocycles. The number of hydrogen-bond donors (Lipinski definition) is 1. The molecule has 2 aliphatic rings. The number of ether oxygens (including phenoxy) is 1. The van der Waals surface area contributed by atoms with E-state index in [4.69, 9.17) is 4.74 Å². The Morgan fingerprint density at radius 1 is 1.30 bits per heavy atom. The van der Waals surface area contributed by atoms with Crippen LogP contribution in [0, 0.1) is 5.92 Å². The Bertz CT molecular complexity index is 566. The third kappa shape index (κ3) is 4.24. The maximum absolute atomic E-state index is 12.0. The average molecular weight is 316 g/mol. The van der Waals surface area contributed by atoms with Crippen LogP contribution in [0.3, 0.4) is 0 Å². The number of likely N-dealkylation sites (tertiary alicyclic amines) is 1. The Morgan fingerprint density at radius 3 is 2.70 bits per heavy atom. The normalized spacial score (nSPS) is 20.7. The molecule has 0 bridgehead atoms. The maximum Gasteiger partial charge on any atom is 0.224 e. The highest BCUT2D eigenvalue weighted by Gasteiger charge is 2.39. The molecule has 1 N–H and O–H groups in total. The van der Waals surface area contributed by atoms with Gasteiger partial charge in [-0.25, -0.2) is 0 Å². The number of nitrogens with one attached hydrogen (secondary N) is 1. The summed E-state index contributed by atoms with van der Waals surface area (Å²) in [7, 11) is 0. The van der Waals surface area contributed by atoms with Crippen LogP contribution in [0.25, 0.3) is 0 Å². The zero-order valence-corrected chi connectivity index (χ0v) is 13.6. The minimum absolute atomic E-state index is 0.00600. The highest BCUT2D eigenvalue weighted by Crippen LogP contribution is 2.32. The van der Waals surface area contributed by atoms with E-state index in [1.165, 1.54) is 0 Å². The van der Waals surface area contributed by atoms with Gasteiger partial charge in [0.05, 0.1) is 13.0 Å².